The largest absolute Gasteiger partial charge is 0.501 e. The zero-order valence-corrected chi connectivity index (χ0v) is 28.0. The number of alkyl halides is 6. The number of carbonyl (C=O) groups excluding carboxylic acids is 4. The Hall–Kier alpha value is -6.52. The topological polar surface area (TPSA) is 164 Å². The Morgan fingerprint density at radius 1 is 0.667 bits per heavy atom. The normalized spacial score (nSPS) is 11.5. The van der Waals surface area contributed by atoms with Gasteiger partial charge in [-0.3, -0.25) is 39.4 Å². The molecule has 4 rings (SSSR count). The lowest BCUT2D eigenvalue weighted by molar-refractivity contribution is -0.385. The molecule has 4 aromatic rings. The van der Waals surface area contributed by atoms with Gasteiger partial charge in [0.1, 0.15) is 16.9 Å². The SMILES string of the molecule is CCOC=C(C(=O)Cc1ccccc1)C(=O)c1ccc(C(F)(F)F)cc1[N+](=O)[O-].O=C(CC(=O)c1ccc(C(F)(F)F)cc1[N+](=O)[O-])Cc1ccccc1. The summed E-state index contributed by atoms with van der Waals surface area (Å²) in [5.41, 5.74) is -4.88. The van der Waals surface area contributed by atoms with E-state index in [-0.39, 0.29) is 25.5 Å². The van der Waals surface area contributed by atoms with Crippen LogP contribution in [-0.4, -0.2) is 39.6 Å². The summed E-state index contributed by atoms with van der Waals surface area (Å²) in [7, 11) is 0. The van der Waals surface area contributed by atoms with Crippen LogP contribution in [0.3, 0.4) is 0 Å². The number of halogens is 6. The van der Waals surface area contributed by atoms with Crippen molar-refractivity contribution in [3.63, 3.8) is 0 Å². The fourth-order valence-electron chi connectivity index (χ4n) is 4.74. The highest BCUT2D eigenvalue weighted by molar-refractivity contribution is 6.27. The fourth-order valence-corrected chi connectivity index (χ4v) is 4.74. The number of benzene rings is 4. The van der Waals surface area contributed by atoms with Crippen molar-refractivity contribution < 1.29 is 60.1 Å². The van der Waals surface area contributed by atoms with Crippen LogP contribution in [0.4, 0.5) is 37.7 Å². The maximum Gasteiger partial charge on any atom is 0.416 e. The molecule has 17 heteroatoms. The Bertz CT molecular complexity index is 2060. The van der Waals surface area contributed by atoms with Crippen LogP contribution in [0.25, 0.3) is 0 Å². The third-order valence-corrected chi connectivity index (χ3v) is 7.31. The smallest absolute Gasteiger partial charge is 0.416 e. The van der Waals surface area contributed by atoms with Crippen molar-refractivity contribution in [1.82, 2.24) is 0 Å². The predicted molar refractivity (Wildman–Crippen MR) is 179 cm³/mol. The third-order valence-electron chi connectivity index (χ3n) is 7.31. The zero-order valence-electron chi connectivity index (χ0n) is 28.0. The first kappa shape index (κ1) is 41.9. The fraction of sp³-hybridized carbons (Fsp3) is 0.189. The second kappa shape index (κ2) is 18.3. The van der Waals surface area contributed by atoms with Crippen LogP contribution in [0.2, 0.25) is 0 Å². The standard InChI is InChI=1S/C20H16F3NO5.C17H12F3NO4/c1-2-29-12-16(18(25)10-13-6-4-3-5-7-13)19(26)15-9-8-14(20(21,22)23)11-17(15)24(27)28;18-17(19,20)12-6-7-14(15(9-12)21(24)25)16(23)10-13(22)8-11-4-2-1-3-5-11/h3-9,11-12H,2,10H2,1H3;1-7,9H,8,10H2. The molecule has 0 unspecified atom stereocenters. The summed E-state index contributed by atoms with van der Waals surface area (Å²) in [5, 5.41) is 22.2. The molecular weight excluding hydrogens is 730 g/mol. The number of Topliss-reactive ketones (excluding diaryl/α,β-unsaturated/α-hetero) is 4. The van der Waals surface area contributed by atoms with Crippen LogP contribution in [0.15, 0.2) is 109 Å². The summed E-state index contributed by atoms with van der Waals surface area (Å²) in [4.78, 5) is 69.6. The van der Waals surface area contributed by atoms with Gasteiger partial charge < -0.3 is 4.74 Å². The summed E-state index contributed by atoms with van der Waals surface area (Å²) >= 11 is 0. The van der Waals surface area contributed by atoms with E-state index in [9.17, 15) is 65.7 Å². The average molecular weight is 759 g/mol. The minimum atomic E-state index is -4.82. The van der Waals surface area contributed by atoms with Crippen LogP contribution in [0.5, 0.6) is 0 Å². The van der Waals surface area contributed by atoms with Gasteiger partial charge >= 0.3 is 12.4 Å². The molecule has 0 atom stereocenters. The van der Waals surface area contributed by atoms with Crippen molar-refractivity contribution in [1.29, 1.82) is 0 Å². The maximum absolute atomic E-state index is 12.9. The number of hydrogen-bond acceptors (Lipinski definition) is 9. The van der Waals surface area contributed by atoms with Crippen LogP contribution in [0, 0.1) is 20.2 Å². The molecule has 11 nitrogen and oxygen atoms in total. The molecule has 0 aliphatic carbocycles. The van der Waals surface area contributed by atoms with Crippen molar-refractivity contribution in [2.45, 2.75) is 38.5 Å². The number of allylic oxidation sites excluding steroid dienone is 1. The van der Waals surface area contributed by atoms with E-state index in [0.29, 0.717) is 35.4 Å². The molecule has 0 fully saturated rings. The molecule has 0 saturated carbocycles. The Labute approximate surface area is 302 Å². The van der Waals surface area contributed by atoms with E-state index in [1.807, 2.05) is 0 Å². The summed E-state index contributed by atoms with van der Waals surface area (Å²) in [6.07, 6.45) is -9.55. The third kappa shape index (κ3) is 11.8. The van der Waals surface area contributed by atoms with Crippen LogP contribution in [0.1, 0.15) is 56.3 Å². The number of nitro benzene ring substituents is 2. The first-order chi connectivity index (χ1) is 25.3. The lowest BCUT2D eigenvalue weighted by Crippen LogP contribution is -2.18. The van der Waals surface area contributed by atoms with Gasteiger partial charge in [0.25, 0.3) is 11.4 Å². The van der Waals surface area contributed by atoms with Crippen molar-refractivity contribution in [3.8, 4) is 0 Å². The molecule has 0 aromatic heterocycles. The first-order valence-corrected chi connectivity index (χ1v) is 15.6. The molecule has 0 saturated heterocycles. The van der Waals surface area contributed by atoms with E-state index in [0.717, 1.165) is 12.3 Å². The van der Waals surface area contributed by atoms with E-state index < -0.39 is 91.0 Å². The first-order valence-electron chi connectivity index (χ1n) is 15.6. The van der Waals surface area contributed by atoms with Gasteiger partial charge in [-0.15, -0.1) is 0 Å². The molecule has 0 heterocycles. The highest BCUT2D eigenvalue weighted by Crippen LogP contribution is 2.35. The Kier molecular flexibility index (Phi) is 14.2. The van der Waals surface area contributed by atoms with Crippen LogP contribution in [-0.2, 0) is 39.5 Å². The highest BCUT2D eigenvalue weighted by atomic mass is 19.4. The Balaban J connectivity index is 0.000000294. The van der Waals surface area contributed by atoms with Crippen molar-refractivity contribution in [2.75, 3.05) is 6.61 Å². The molecular formula is C37H28F6N2O9. The molecule has 0 spiro atoms. The number of rotatable bonds is 14. The van der Waals surface area contributed by atoms with Gasteiger partial charge in [0, 0.05) is 25.0 Å². The second-order valence-corrected chi connectivity index (χ2v) is 11.2. The lowest BCUT2D eigenvalue weighted by atomic mass is 9.95. The molecule has 282 valence electrons. The maximum atomic E-state index is 12.9. The number of nitrogens with zero attached hydrogens (tertiary/aromatic N) is 2. The number of nitro groups is 2. The summed E-state index contributed by atoms with van der Waals surface area (Å²) in [5.74, 6) is -3.13. The van der Waals surface area contributed by atoms with Gasteiger partial charge in [-0.25, -0.2) is 0 Å². The van der Waals surface area contributed by atoms with Gasteiger partial charge in [0.2, 0.25) is 5.78 Å². The van der Waals surface area contributed by atoms with Crippen LogP contribution >= 0.6 is 0 Å². The molecule has 0 amide bonds. The summed E-state index contributed by atoms with van der Waals surface area (Å²) < 4.78 is 81.6. The van der Waals surface area contributed by atoms with Crippen molar-refractivity contribution in [3.05, 3.63) is 163 Å². The van der Waals surface area contributed by atoms with E-state index in [4.69, 9.17) is 4.74 Å². The molecule has 4 aromatic carbocycles. The number of hydrogen-bond donors (Lipinski definition) is 0. The number of ketones is 4. The van der Waals surface area contributed by atoms with Crippen molar-refractivity contribution >= 4 is 34.5 Å². The molecule has 0 aliphatic rings. The van der Waals surface area contributed by atoms with E-state index in [1.54, 1.807) is 67.6 Å². The molecule has 0 bridgehead atoms. The lowest BCUT2D eigenvalue weighted by Gasteiger charge is -2.10. The average Bonchev–Trinajstić information content (AvgIpc) is 3.11. The van der Waals surface area contributed by atoms with Crippen LogP contribution < -0.4 is 0 Å². The van der Waals surface area contributed by atoms with E-state index in [2.05, 4.69) is 0 Å². The Morgan fingerprint density at radius 2 is 1.11 bits per heavy atom. The second-order valence-electron chi connectivity index (χ2n) is 11.2. The minimum absolute atomic E-state index is 0.0407. The van der Waals surface area contributed by atoms with Gasteiger partial charge in [0.05, 0.1) is 45.8 Å². The van der Waals surface area contributed by atoms with Gasteiger partial charge in [-0.05, 0) is 42.3 Å². The monoisotopic (exact) mass is 758 g/mol. The number of carbonyl (C=O) groups is 4. The molecule has 0 aliphatic heterocycles. The molecule has 54 heavy (non-hydrogen) atoms. The molecule has 0 radical (unpaired) electrons. The quantitative estimate of drug-likeness (QED) is 0.0179. The summed E-state index contributed by atoms with van der Waals surface area (Å²) in [6, 6.07) is 20.1. The number of ether oxygens (including phenoxy) is 1. The van der Waals surface area contributed by atoms with E-state index >= 15 is 0 Å². The van der Waals surface area contributed by atoms with Gasteiger partial charge in [-0.2, -0.15) is 26.3 Å². The van der Waals surface area contributed by atoms with E-state index in [1.165, 1.54) is 0 Å². The van der Waals surface area contributed by atoms with Gasteiger partial charge in [-0.1, -0.05) is 60.7 Å². The molecule has 0 N–H and O–H groups in total. The highest BCUT2D eigenvalue weighted by Gasteiger charge is 2.36. The van der Waals surface area contributed by atoms with Crippen molar-refractivity contribution in [2.24, 2.45) is 0 Å². The summed E-state index contributed by atoms with van der Waals surface area (Å²) in [6.45, 7) is 1.71. The minimum Gasteiger partial charge on any atom is -0.501 e. The predicted octanol–water partition coefficient (Wildman–Crippen LogP) is 8.53. The zero-order chi connectivity index (χ0) is 40.2. The van der Waals surface area contributed by atoms with Gasteiger partial charge in [0.15, 0.2) is 11.6 Å². The Morgan fingerprint density at radius 3 is 1.56 bits per heavy atom.